The van der Waals surface area contributed by atoms with Crippen molar-refractivity contribution >= 4 is 12.4 Å². The van der Waals surface area contributed by atoms with Crippen LogP contribution < -0.4 is 10.1 Å². The lowest BCUT2D eigenvalue weighted by Gasteiger charge is -2.14. The maximum atomic E-state index is 5.65. The topological polar surface area (TPSA) is 34.1 Å². The van der Waals surface area contributed by atoms with E-state index >= 15 is 0 Å². The number of rotatable bonds is 4. The predicted molar refractivity (Wildman–Crippen MR) is 62.7 cm³/mol. The van der Waals surface area contributed by atoms with E-state index in [1.54, 1.807) is 6.20 Å². The quantitative estimate of drug-likeness (QED) is 0.856. The summed E-state index contributed by atoms with van der Waals surface area (Å²) in [4.78, 5) is 4.18. The van der Waals surface area contributed by atoms with Gasteiger partial charge in [0.25, 0.3) is 0 Å². The zero-order chi connectivity index (χ0) is 10.0. The lowest BCUT2D eigenvalue weighted by Crippen LogP contribution is -2.33. The maximum absolute atomic E-state index is 5.65. The van der Waals surface area contributed by atoms with Gasteiger partial charge in [-0.15, -0.1) is 12.4 Å². The molecule has 1 N–H and O–H groups in total. The summed E-state index contributed by atoms with van der Waals surface area (Å²) in [5, 5.41) is 3.29. The number of hydrogen-bond donors (Lipinski definition) is 1. The molecular weight excluding hydrogens is 212 g/mol. The summed E-state index contributed by atoms with van der Waals surface area (Å²) >= 11 is 0. The molecule has 0 aliphatic heterocycles. The third kappa shape index (κ3) is 3.08. The van der Waals surface area contributed by atoms with Gasteiger partial charge in [-0.3, -0.25) is 4.98 Å². The van der Waals surface area contributed by atoms with Gasteiger partial charge in [0.15, 0.2) is 0 Å². The number of ether oxygens (including phenoxy) is 1. The van der Waals surface area contributed by atoms with Crippen LogP contribution in [0.1, 0.15) is 18.5 Å². The zero-order valence-corrected chi connectivity index (χ0v) is 9.93. The predicted octanol–water partition coefficient (Wildman–Crippen LogP) is 1.94. The van der Waals surface area contributed by atoms with Crippen LogP contribution >= 0.6 is 12.4 Å². The average molecular weight is 229 g/mol. The average Bonchev–Trinajstić information content (AvgIpc) is 2.98. The number of halogens is 1. The van der Waals surface area contributed by atoms with Gasteiger partial charge in [-0.2, -0.15) is 0 Å². The molecule has 1 saturated carbocycles. The largest absolute Gasteiger partial charge is 0.490 e. The van der Waals surface area contributed by atoms with Gasteiger partial charge in [0, 0.05) is 5.69 Å². The van der Waals surface area contributed by atoms with E-state index in [0.29, 0.717) is 0 Å². The summed E-state index contributed by atoms with van der Waals surface area (Å²) in [5.41, 5.74) is 1.26. The van der Waals surface area contributed by atoms with Crippen molar-refractivity contribution in [2.75, 3.05) is 13.7 Å². The molecule has 0 unspecified atom stereocenters. The molecule has 15 heavy (non-hydrogen) atoms. The second-order valence-electron chi connectivity index (χ2n) is 3.95. The summed E-state index contributed by atoms with van der Waals surface area (Å²) in [6, 6.07) is 3.93. The molecule has 2 rings (SSSR count). The van der Waals surface area contributed by atoms with E-state index in [-0.39, 0.29) is 17.9 Å². The Hall–Kier alpha value is -0.800. The Labute approximate surface area is 96.7 Å². The fourth-order valence-corrected chi connectivity index (χ4v) is 1.38. The van der Waals surface area contributed by atoms with Crippen molar-refractivity contribution in [2.45, 2.75) is 25.3 Å². The molecule has 1 heterocycles. The normalized spacial score (nSPS) is 16.7. The lowest BCUT2D eigenvalue weighted by atomic mass is 10.3. The molecule has 1 fully saturated rings. The minimum absolute atomic E-state index is 0. The van der Waals surface area contributed by atoms with Gasteiger partial charge in [0.2, 0.25) is 0 Å². The number of pyridine rings is 1. The highest BCUT2D eigenvalue weighted by atomic mass is 35.5. The van der Waals surface area contributed by atoms with Crippen molar-refractivity contribution in [3.8, 4) is 5.75 Å². The molecule has 1 aromatic rings. The SMILES string of the molecule is CNC1(COc2ccc(C)nc2)CC1.Cl. The van der Waals surface area contributed by atoms with Crippen LogP contribution in [0.3, 0.4) is 0 Å². The van der Waals surface area contributed by atoms with Gasteiger partial charge < -0.3 is 10.1 Å². The Morgan fingerprint density at radius 3 is 2.67 bits per heavy atom. The third-order valence-electron chi connectivity index (χ3n) is 2.78. The van der Waals surface area contributed by atoms with E-state index in [1.807, 2.05) is 26.1 Å². The van der Waals surface area contributed by atoms with Crippen LogP contribution in [0, 0.1) is 6.92 Å². The fraction of sp³-hybridized carbons (Fsp3) is 0.545. The van der Waals surface area contributed by atoms with E-state index in [0.717, 1.165) is 18.1 Å². The summed E-state index contributed by atoms with van der Waals surface area (Å²) in [5.74, 6) is 0.858. The van der Waals surface area contributed by atoms with Crippen LogP contribution in [-0.4, -0.2) is 24.2 Å². The van der Waals surface area contributed by atoms with Gasteiger partial charge in [0.1, 0.15) is 12.4 Å². The molecule has 0 aromatic carbocycles. The van der Waals surface area contributed by atoms with Crippen molar-refractivity contribution in [3.63, 3.8) is 0 Å². The van der Waals surface area contributed by atoms with Crippen molar-refractivity contribution in [1.29, 1.82) is 0 Å². The van der Waals surface area contributed by atoms with Crippen molar-refractivity contribution in [3.05, 3.63) is 24.0 Å². The Morgan fingerprint density at radius 2 is 2.20 bits per heavy atom. The van der Waals surface area contributed by atoms with Crippen LogP contribution in [0.15, 0.2) is 18.3 Å². The molecule has 0 saturated heterocycles. The number of nitrogens with one attached hydrogen (secondary N) is 1. The Balaban J connectivity index is 0.00000112. The standard InChI is InChI=1S/C11H16N2O.ClH/c1-9-3-4-10(7-13-9)14-8-11(12-2)5-6-11;/h3-4,7,12H,5-6,8H2,1-2H3;1H. The summed E-state index contributed by atoms with van der Waals surface area (Å²) in [6.07, 6.45) is 4.20. The Morgan fingerprint density at radius 1 is 1.47 bits per heavy atom. The van der Waals surface area contributed by atoms with Crippen LogP contribution in [-0.2, 0) is 0 Å². The number of likely N-dealkylation sites (N-methyl/N-ethyl adjacent to an activating group) is 1. The van der Waals surface area contributed by atoms with Gasteiger partial charge in [0.05, 0.1) is 11.7 Å². The summed E-state index contributed by atoms with van der Waals surface area (Å²) < 4.78 is 5.65. The number of nitrogens with zero attached hydrogens (tertiary/aromatic N) is 1. The molecule has 1 aromatic heterocycles. The summed E-state index contributed by atoms with van der Waals surface area (Å²) in [7, 11) is 1.99. The van der Waals surface area contributed by atoms with Gasteiger partial charge in [-0.1, -0.05) is 0 Å². The monoisotopic (exact) mass is 228 g/mol. The van der Waals surface area contributed by atoms with Crippen LogP contribution in [0.4, 0.5) is 0 Å². The van der Waals surface area contributed by atoms with E-state index in [1.165, 1.54) is 12.8 Å². The summed E-state index contributed by atoms with van der Waals surface area (Å²) in [6.45, 7) is 2.72. The fourth-order valence-electron chi connectivity index (χ4n) is 1.38. The molecule has 0 radical (unpaired) electrons. The van der Waals surface area contributed by atoms with Gasteiger partial charge in [-0.25, -0.2) is 0 Å². The van der Waals surface area contributed by atoms with E-state index in [4.69, 9.17) is 4.74 Å². The maximum Gasteiger partial charge on any atom is 0.137 e. The third-order valence-corrected chi connectivity index (χ3v) is 2.78. The molecular formula is C11H17ClN2O. The Kier molecular flexibility index (Phi) is 3.94. The van der Waals surface area contributed by atoms with Crippen LogP contribution in [0.25, 0.3) is 0 Å². The van der Waals surface area contributed by atoms with Crippen LogP contribution in [0.2, 0.25) is 0 Å². The van der Waals surface area contributed by atoms with E-state index < -0.39 is 0 Å². The second kappa shape index (κ2) is 4.81. The Bertz CT molecular complexity index is 309. The molecule has 0 bridgehead atoms. The molecule has 0 atom stereocenters. The molecule has 3 nitrogen and oxygen atoms in total. The van der Waals surface area contributed by atoms with Crippen LogP contribution in [0.5, 0.6) is 5.75 Å². The van der Waals surface area contributed by atoms with Gasteiger partial charge >= 0.3 is 0 Å². The molecule has 1 aliphatic rings. The smallest absolute Gasteiger partial charge is 0.137 e. The van der Waals surface area contributed by atoms with Gasteiger partial charge in [-0.05, 0) is 38.9 Å². The second-order valence-corrected chi connectivity index (χ2v) is 3.95. The molecule has 1 aliphatic carbocycles. The molecule has 4 heteroatoms. The highest BCUT2D eigenvalue weighted by Gasteiger charge is 2.41. The first kappa shape index (κ1) is 12.3. The first-order valence-corrected chi connectivity index (χ1v) is 4.98. The molecule has 84 valence electrons. The number of aryl methyl sites for hydroxylation is 1. The van der Waals surface area contributed by atoms with E-state index in [2.05, 4.69) is 10.3 Å². The van der Waals surface area contributed by atoms with Crippen molar-refractivity contribution < 1.29 is 4.74 Å². The zero-order valence-electron chi connectivity index (χ0n) is 9.12. The van der Waals surface area contributed by atoms with E-state index in [9.17, 15) is 0 Å². The van der Waals surface area contributed by atoms with Crippen molar-refractivity contribution in [1.82, 2.24) is 10.3 Å². The number of hydrogen-bond acceptors (Lipinski definition) is 3. The number of aromatic nitrogens is 1. The molecule has 0 amide bonds. The highest BCUT2D eigenvalue weighted by Crippen LogP contribution is 2.35. The lowest BCUT2D eigenvalue weighted by molar-refractivity contribution is 0.258. The highest BCUT2D eigenvalue weighted by molar-refractivity contribution is 5.85. The van der Waals surface area contributed by atoms with Crippen molar-refractivity contribution in [2.24, 2.45) is 0 Å². The first-order valence-electron chi connectivity index (χ1n) is 4.98. The minimum atomic E-state index is 0. The first-order chi connectivity index (χ1) is 6.74. The minimum Gasteiger partial charge on any atom is -0.490 e. The molecule has 0 spiro atoms.